The smallest absolute Gasteiger partial charge is 0.337 e. The Kier molecular flexibility index (Phi) is 4.30. The number of rotatable bonds is 5. The van der Waals surface area contributed by atoms with E-state index < -0.39 is 5.97 Å². The number of aromatic carboxylic acids is 1. The maximum absolute atomic E-state index is 11.5. The minimum Gasteiger partial charge on any atom is -0.497 e. The predicted molar refractivity (Wildman–Crippen MR) is 95.7 cm³/mol. The van der Waals surface area contributed by atoms with Crippen LogP contribution in [0.15, 0.2) is 48.7 Å². The second-order valence-electron chi connectivity index (χ2n) is 6.36. The predicted octanol–water partition coefficient (Wildman–Crippen LogP) is 4.67. The van der Waals surface area contributed by atoms with E-state index in [4.69, 9.17) is 4.74 Å². The number of carboxylic acid groups (broad SMARTS) is 1. The van der Waals surface area contributed by atoms with Gasteiger partial charge in [-0.3, -0.25) is 0 Å². The molecule has 1 aromatic heterocycles. The largest absolute Gasteiger partial charge is 0.497 e. The summed E-state index contributed by atoms with van der Waals surface area (Å²) in [4.78, 5) is 11.5. The van der Waals surface area contributed by atoms with E-state index in [1.165, 1.54) is 0 Å². The van der Waals surface area contributed by atoms with Crippen LogP contribution in [0.3, 0.4) is 0 Å². The van der Waals surface area contributed by atoms with E-state index in [-0.39, 0.29) is 0 Å². The zero-order valence-electron chi connectivity index (χ0n) is 14.1. The molecule has 0 aliphatic heterocycles. The molecule has 0 radical (unpaired) electrons. The van der Waals surface area contributed by atoms with Gasteiger partial charge in [-0.05, 0) is 35.2 Å². The third kappa shape index (κ3) is 3.00. The van der Waals surface area contributed by atoms with Gasteiger partial charge in [0.1, 0.15) is 5.75 Å². The molecule has 0 fully saturated rings. The molecule has 1 heterocycles. The highest BCUT2D eigenvalue weighted by Gasteiger charge is 2.15. The van der Waals surface area contributed by atoms with Crippen LogP contribution in [0.2, 0.25) is 0 Å². The number of nitrogens with zero attached hydrogens (tertiary/aromatic N) is 1. The summed E-state index contributed by atoms with van der Waals surface area (Å²) < 4.78 is 7.33. The molecule has 0 saturated carbocycles. The molecule has 0 spiro atoms. The number of hydrogen-bond acceptors (Lipinski definition) is 2. The van der Waals surface area contributed by atoms with Crippen molar-refractivity contribution in [3.05, 3.63) is 54.2 Å². The topological polar surface area (TPSA) is 51.5 Å². The van der Waals surface area contributed by atoms with Crippen LogP contribution in [0.4, 0.5) is 0 Å². The van der Waals surface area contributed by atoms with Crippen LogP contribution in [0.5, 0.6) is 5.75 Å². The Bertz CT molecular complexity index is 893. The Balaban J connectivity index is 2.16. The van der Waals surface area contributed by atoms with Crippen molar-refractivity contribution in [3.8, 4) is 16.9 Å². The van der Waals surface area contributed by atoms with Gasteiger partial charge in [-0.15, -0.1) is 0 Å². The van der Waals surface area contributed by atoms with Crippen molar-refractivity contribution < 1.29 is 14.6 Å². The molecule has 0 aliphatic carbocycles. The highest BCUT2D eigenvalue weighted by molar-refractivity contribution is 6.04. The van der Waals surface area contributed by atoms with Gasteiger partial charge in [-0.25, -0.2) is 4.79 Å². The first-order valence-electron chi connectivity index (χ1n) is 8.00. The average Bonchev–Trinajstić information content (AvgIpc) is 2.92. The number of ether oxygens (including phenoxy) is 1. The van der Waals surface area contributed by atoms with Gasteiger partial charge in [0.25, 0.3) is 0 Å². The summed E-state index contributed by atoms with van der Waals surface area (Å²) in [6, 6.07) is 13.8. The summed E-state index contributed by atoms with van der Waals surface area (Å²) in [5.41, 5.74) is 3.39. The van der Waals surface area contributed by atoms with E-state index >= 15 is 0 Å². The lowest BCUT2D eigenvalue weighted by atomic mass is 10.0. The zero-order chi connectivity index (χ0) is 17.3. The van der Waals surface area contributed by atoms with Gasteiger partial charge in [0, 0.05) is 23.6 Å². The van der Waals surface area contributed by atoms with Crippen molar-refractivity contribution in [3.63, 3.8) is 0 Å². The highest BCUT2D eigenvalue weighted by Crippen LogP contribution is 2.30. The Morgan fingerprint density at radius 1 is 1.17 bits per heavy atom. The first kappa shape index (κ1) is 16.1. The number of aromatic nitrogens is 1. The molecule has 24 heavy (non-hydrogen) atoms. The minimum atomic E-state index is -0.892. The lowest BCUT2D eigenvalue weighted by Crippen LogP contribution is -2.03. The number of hydrogen-bond donors (Lipinski definition) is 1. The first-order chi connectivity index (χ1) is 11.5. The molecule has 2 aromatic carbocycles. The average molecular weight is 323 g/mol. The molecule has 0 unspecified atom stereocenters. The Morgan fingerprint density at radius 2 is 1.92 bits per heavy atom. The first-order valence-corrected chi connectivity index (χ1v) is 8.00. The quantitative estimate of drug-likeness (QED) is 0.742. The molecule has 0 amide bonds. The Hall–Kier alpha value is -2.75. The van der Waals surface area contributed by atoms with Crippen molar-refractivity contribution in [2.45, 2.75) is 20.4 Å². The summed E-state index contributed by atoms with van der Waals surface area (Å²) in [6.07, 6.45) is 1.74. The number of fused-ring (bicyclic) bond motifs is 1. The van der Waals surface area contributed by atoms with Crippen LogP contribution in [-0.4, -0.2) is 22.8 Å². The van der Waals surface area contributed by atoms with Crippen molar-refractivity contribution >= 4 is 16.9 Å². The second kappa shape index (κ2) is 6.40. The second-order valence-corrected chi connectivity index (χ2v) is 6.36. The fourth-order valence-electron chi connectivity index (χ4n) is 2.99. The van der Waals surface area contributed by atoms with Crippen molar-refractivity contribution in [2.24, 2.45) is 5.92 Å². The molecular formula is C20H21NO3. The van der Waals surface area contributed by atoms with Gasteiger partial charge in [-0.2, -0.15) is 0 Å². The molecule has 124 valence electrons. The molecule has 0 aliphatic rings. The van der Waals surface area contributed by atoms with E-state index in [9.17, 15) is 9.90 Å². The highest BCUT2D eigenvalue weighted by atomic mass is 16.5. The maximum atomic E-state index is 11.5. The van der Waals surface area contributed by atoms with Crippen LogP contribution < -0.4 is 4.74 Å². The molecule has 4 heteroatoms. The Morgan fingerprint density at radius 3 is 2.58 bits per heavy atom. The minimum absolute atomic E-state index is 0.350. The van der Waals surface area contributed by atoms with Gasteiger partial charge in [0.05, 0.1) is 12.7 Å². The van der Waals surface area contributed by atoms with E-state index in [1.807, 2.05) is 41.0 Å². The summed E-state index contributed by atoms with van der Waals surface area (Å²) in [6.45, 7) is 5.03. The van der Waals surface area contributed by atoms with Crippen LogP contribution in [0, 0.1) is 5.92 Å². The number of carboxylic acids is 1. The van der Waals surface area contributed by atoms with Crippen LogP contribution in [-0.2, 0) is 6.54 Å². The van der Waals surface area contributed by atoms with Crippen molar-refractivity contribution in [2.75, 3.05) is 7.11 Å². The molecular weight excluding hydrogens is 302 g/mol. The lowest BCUT2D eigenvalue weighted by molar-refractivity contribution is 0.0698. The van der Waals surface area contributed by atoms with Gasteiger partial charge >= 0.3 is 5.97 Å². The standard InChI is InChI=1S/C20H21NO3/c1-13(2)11-21-12-18(20(22)23)17-8-7-15(10-19(17)21)14-5-4-6-16(9-14)24-3/h4-10,12-13H,11H2,1-3H3,(H,22,23). The van der Waals surface area contributed by atoms with Gasteiger partial charge in [0.15, 0.2) is 0 Å². The SMILES string of the molecule is COc1cccc(-c2ccc3c(C(=O)O)cn(CC(C)C)c3c2)c1. The van der Waals surface area contributed by atoms with Crippen LogP contribution in [0.1, 0.15) is 24.2 Å². The number of carbonyl (C=O) groups is 1. The summed E-state index contributed by atoms with van der Waals surface area (Å²) in [5.74, 6) is 0.343. The van der Waals surface area contributed by atoms with Gasteiger partial charge in [-0.1, -0.05) is 38.1 Å². The van der Waals surface area contributed by atoms with E-state index in [1.54, 1.807) is 13.3 Å². The molecule has 0 bridgehead atoms. The van der Waals surface area contributed by atoms with Crippen molar-refractivity contribution in [1.82, 2.24) is 4.57 Å². The monoisotopic (exact) mass is 323 g/mol. The summed E-state index contributed by atoms with van der Waals surface area (Å²) in [7, 11) is 1.65. The third-order valence-electron chi connectivity index (χ3n) is 4.08. The molecule has 0 saturated heterocycles. The summed E-state index contributed by atoms with van der Waals surface area (Å²) in [5, 5.41) is 10.2. The molecule has 3 rings (SSSR count). The Labute approximate surface area is 141 Å². The third-order valence-corrected chi connectivity index (χ3v) is 4.08. The van der Waals surface area contributed by atoms with Crippen LogP contribution in [0.25, 0.3) is 22.0 Å². The van der Waals surface area contributed by atoms with E-state index in [2.05, 4.69) is 19.9 Å². The molecule has 0 atom stereocenters. The fourth-order valence-corrected chi connectivity index (χ4v) is 2.99. The van der Waals surface area contributed by atoms with E-state index in [0.29, 0.717) is 11.5 Å². The molecule has 1 N–H and O–H groups in total. The molecule has 4 nitrogen and oxygen atoms in total. The maximum Gasteiger partial charge on any atom is 0.337 e. The van der Waals surface area contributed by atoms with Crippen LogP contribution >= 0.6 is 0 Å². The van der Waals surface area contributed by atoms with E-state index in [0.717, 1.165) is 34.3 Å². The lowest BCUT2D eigenvalue weighted by Gasteiger charge is -2.10. The van der Waals surface area contributed by atoms with Gasteiger partial charge in [0.2, 0.25) is 0 Å². The van der Waals surface area contributed by atoms with Crippen molar-refractivity contribution in [1.29, 1.82) is 0 Å². The number of methoxy groups -OCH3 is 1. The molecule has 3 aromatic rings. The fraction of sp³-hybridized carbons (Fsp3) is 0.250. The number of benzene rings is 2. The van der Waals surface area contributed by atoms with Gasteiger partial charge < -0.3 is 14.4 Å². The zero-order valence-corrected chi connectivity index (χ0v) is 14.1. The normalized spacial score (nSPS) is 11.2. The summed E-state index contributed by atoms with van der Waals surface area (Å²) >= 11 is 0.